The van der Waals surface area contributed by atoms with Crippen molar-refractivity contribution in [2.45, 2.75) is 26.3 Å². The highest BCUT2D eigenvalue weighted by Crippen LogP contribution is 2.25. The standard InChI is InChI=1S/C13H16ClN3/c1-9(15)8-11-4-3-5-12(14)13(11)17-7-6-10(2)16-17/h3-7,9H,8,15H2,1-2H3. The van der Waals surface area contributed by atoms with Crippen molar-refractivity contribution in [1.82, 2.24) is 9.78 Å². The highest BCUT2D eigenvalue weighted by Gasteiger charge is 2.11. The first-order valence-electron chi connectivity index (χ1n) is 5.63. The van der Waals surface area contributed by atoms with E-state index in [1.165, 1.54) is 0 Å². The Kier molecular flexibility index (Phi) is 3.50. The largest absolute Gasteiger partial charge is 0.328 e. The SMILES string of the molecule is Cc1ccn(-c2c(Cl)cccc2CC(C)N)n1. The molecule has 0 spiro atoms. The number of aryl methyl sites for hydroxylation is 1. The third kappa shape index (κ3) is 2.68. The van der Waals surface area contributed by atoms with Gasteiger partial charge >= 0.3 is 0 Å². The maximum atomic E-state index is 6.25. The van der Waals surface area contributed by atoms with Crippen LogP contribution in [0.3, 0.4) is 0 Å². The number of para-hydroxylation sites is 1. The topological polar surface area (TPSA) is 43.8 Å². The van der Waals surface area contributed by atoms with Crippen molar-refractivity contribution in [2.75, 3.05) is 0 Å². The van der Waals surface area contributed by atoms with E-state index in [2.05, 4.69) is 5.10 Å². The van der Waals surface area contributed by atoms with Crippen LogP contribution >= 0.6 is 11.6 Å². The van der Waals surface area contributed by atoms with Crippen molar-refractivity contribution < 1.29 is 0 Å². The highest BCUT2D eigenvalue weighted by molar-refractivity contribution is 6.32. The second-order valence-electron chi connectivity index (χ2n) is 4.33. The minimum Gasteiger partial charge on any atom is -0.328 e. The fourth-order valence-corrected chi connectivity index (χ4v) is 2.15. The molecule has 0 radical (unpaired) electrons. The summed E-state index contributed by atoms with van der Waals surface area (Å²) in [4.78, 5) is 0. The van der Waals surface area contributed by atoms with Crippen LogP contribution in [0.15, 0.2) is 30.5 Å². The van der Waals surface area contributed by atoms with E-state index in [0.717, 1.165) is 23.4 Å². The zero-order valence-electron chi connectivity index (χ0n) is 10.0. The van der Waals surface area contributed by atoms with E-state index >= 15 is 0 Å². The molecule has 2 aromatic rings. The van der Waals surface area contributed by atoms with Crippen LogP contribution in [0.4, 0.5) is 0 Å². The van der Waals surface area contributed by atoms with Gasteiger partial charge in [0.25, 0.3) is 0 Å². The van der Waals surface area contributed by atoms with E-state index in [4.69, 9.17) is 17.3 Å². The maximum Gasteiger partial charge on any atom is 0.0864 e. The number of rotatable bonds is 3. The Bertz CT molecular complexity index is 517. The number of nitrogens with zero attached hydrogens (tertiary/aromatic N) is 2. The van der Waals surface area contributed by atoms with Gasteiger partial charge in [0.15, 0.2) is 0 Å². The molecule has 3 nitrogen and oxygen atoms in total. The molecule has 0 fully saturated rings. The molecule has 0 amide bonds. The Balaban J connectivity index is 2.50. The van der Waals surface area contributed by atoms with E-state index in [1.807, 2.05) is 49.0 Å². The minimum atomic E-state index is 0.101. The summed E-state index contributed by atoms with van der Waals surface area (Å²) >= 11 is 6.25. The zero-order valence-corrected chi connectivity index (χ0v) is 10.8. The summed E-state index contributed by atoms with van der Waals surface area (Å²) in [5, 5.41) is 5.10. The molecule has 0 aliphatic carbocycles. The zero-order chi connectivity index (χ0) is 12.4. The molecule has 0 bridgehead atoms. The van der Waals surface area contributed by atoms with Gasteiger partial charge in [0.05, 0.1) is 16.4 Å². The molecule has 1 atom stereocenters. The van der Waals surface area contributed by atoms with Crippen LogP contribution in [-0.4, -0.2) is 15.8 Å². The number of halogens is 1. The van der Waals surface area contributed by atoms with Gasteiger partial charge in [-0.25, -0.2) is 4.68 Å². The van der Waals surface area contributed by atoms with E-state index < -0.39 is 0 Å². The van der Waals surface area contributed by atoms with Crippen molar-refractivity contribution >= 4 is 11.6 Å². The Morgan fingerprint density at radius 1 is 1.41 bits per heavy atom. The number of aromatic nitrogens is 2. The average Bonchev–Trinajstić information content (AvgIpc) is 2.64. The average molecular weight is 250 g/mol. The third-order valence-electron chi connectivity index (χ3n) is 2.56. The second kappa shape index (κ2) is 4.90. The predicted octanol–water partition coefficient (Wildman–Crippen LogP) is 2.72. The lowest BCUT2D eigenvalue weighted by Crippen LogP contribution is -2.19. The van der Waals surface area contributed by atoms with Crippen LogP contribution in [-0.2, 0) is 6.42 Å². The first kappa shape index (κ1) is 12.1. The predicted molar refractivity (Wildman–Crippen MR) is 70.7 cm³/mol. The lowest BCUT2D eigenvalue weighted by molar-refractivity contribution is 0.727. The molecule has 0 saturated heterocycles. The summed E-state index contributed by atoms with van der Waals surface area (Å²) in [6, 6.07) is 7.92. The number of nitrogens with two attached hydrogens (primary N) is 1. The van der Waals surface area contributed by atoms with Crippen LogP contribution in [0.5, 0.6) is 0 Å². The van der Waals surface area contributed by atoms with Gasteiger partial charge in [-0.1, -0.05) is 23.7 Å². The Morgan fingerprint density at radius 3 is 2.76 bits per heavy atom. The van der Waals surface area contributed by atoms with Crippen molar-refractivity contribution in [3.05, 3.63) is 46.7 Å². The van der Waals surface area contributed by atoms with Gasteiger partial charge in [-0.15, -0.1) is 0 Å². The summed E-state index contributed by atoms with van der Waals surface area (Å²) in [5.41, 5.74) is 8.87. The van der Waals surface area contributed by atoms with E-state index in [1.54, 1.807) is 0 Å². The molecule has 0 aliphatic heterocycles. The molecule has 17 heavy (non-hydrogen) atoms. The Labute approximate surface area is 106 Å². The van der Waals surface area contributed by atoms with Gasteiger partial charge in [0, 0.05) is 12.2 Å². The molecule has 4 heteroatoms. The summed E-state index contributed by atoms with van der Waals surface area (Å²) in [7, 11) is 0. The van der Waals surface area contributed by atoms with Crippen molar-refractivity contribution in [1.29, 1.82) is 0 Å². The summed E-state index contributed by atoms with van der Waals surface area (Å²) in [6.07, 6.45) is 2.70. The van der Waals surface area contributed by atoms with Crippen LogP contribution in [0.1, 0.15) is 18.2 Å². The third-order valence-corrected chi connectivity index (χ3v) is 2.87. The lowest BCUT2D eigenvalue weighted by Gasteiger charge is -2.13. The van der Waals surface area contributed by atoms with Crippen LogP contribution in [0.25, 0.3) is 5.69 Å². The smallest absolute Gasteiger partial charge is 0.0864 e. The molecule has 2 N–H and O–H groups in total. The molecule has 1 unspecified atom stereocenters. The monoisotopic (exact) mass is 249 g/mol. The molecule has 1 aromatic carbocycles. The molecule has 90 valence electrons. The minimum absolute atomic E-state index is 0.101. The first-order chi connectivity index (χ1) is 8.08. The number of hydrogen-bond donors (Lipinski definition) is 1. The van der Waals surface area contributed by atoms with Gasteiger partial charge in [-0.05, 0) is 38.0 Å². The molecular formula is C13H16ClN3. The Hall–Kier alpha value is -1.32. The van der Waals surface area contributed by atoms with Crippen LogP contribution in [0.2, 0.25) is 5.02 Å². The van der Waals surface area contributed by atoms with E-state index in [0.29, 0.717) is 5.02 Å². The summed E-state index contributed by atoms with van der Waals surface area (Å²) in [6.45, 7) is 3.94. The summed E-state index contributed by atoms with van der Waals surface area (Å²) in [5.74, 6) is 0. The molecule has 0 aliphatic rings. The molecular weight excluding hydrogens is 234 g/mol. The van der Waals surface area contributed by atoms with Gasteiger partial charge < -0.3 is 5.73 Å². The fraction of sp³-hybridized carbons (Fsp3) is 0.308. The molecule has 1 aromatic heterocycles. The van der Waals surface area contributed by atoms with Crippen molar-refractivity contribution in [2.24, 2.45) is 5.73 Å². The van der Waals surface area contributed by atoms with E-state index in [-0.39, 0.29) is 6.04 Å². The van der Waals surface area contributed by atoms with E-state index in [9.17, 15) is 0 Å². The molecule has 1 heterocycles. The van der Waals surface area contributed by atoms with Gasteiger partial charge in [-0.3, -0.25) is 0 Å². The fourth-order valence-electron chi connectivity index (χ4n) is 1.87. The van der Waals surface area contributed by atoms with Crippen molar-refractivity contribution in [3.8, 4) is 5.69 Å². The van der Waals surface area contributed by atoms with Gasteiger partial charge in [-0.2, -0.15) is 5.10 Å². The van der Waals surface area contributed by atoms with Crippen LogP contribution < -0.4 is 5.73 Å². The Morgan fingerprint density at radius 2 is 2.18 bits per heavy atom. The van der Waals surface area contributed by atoms with Gasteiger partial charge in [0.1, 0.15) is 0 Å². The molecule has 0 saturated carbocycles. The number of hydrogen-bond acceptors (Lipinski definition) is 2. The number of benzene rings is 1. The normalized spacial score (nSPS) is 12.7. The maximum absolute atomic E-state index is 6.25. The lowest BCUT2D eigenvalue weighted by atomic mass is 10.1. The quantitative estimate of drug-likeness (QED) is 0.909. The second-order valence-corrected chi connectivity index (χ2v) is 4.74. The van der Waals surface area contributed by atoms with Crippen LogP contribution in [0, 0.1) is 6.92 Å². The first-order valence-corrected chi connectivity index (χ1v) is 6.01. The van der Waals surface area contributed by atoms with Crippen molar-refractivity contribution in [3.63, 3.8) is 0 Å². The molecule has 2 rings (SSSR count). The summed E-state index contributed by atoms with van der Waals surface area (Å²) < 4.78 is 1.81. The highest BCUT2D eigenvalue weighted by atomic mass is 35.5. The van der Waals surface area contributed by atoms with Gasteiger partial charge in [0.2, 0.25) is 0 Å².